The molecule has 3 nitrogen and oxygen atoms in total. The molecule has 24 heavy (non-hydrogen) atoms. The average Bonchev–Trinajstić information content (AvgIpc) is 2.85. The third kappa shape index (κ3) is 4.21. The zero-order chi connectivity index (χ0) is 16.9. The van der Waals surface area contributed by atoms with Gasteiger partial charge in [-0.2, -0.15) is 0 Å². The zero-order valence-electron chi connectivity index (χ0n) is 14.0. The summed E-state index contributed by atoms with van der Waals surface area (Å²) >= 11 is 12.1. The number of unbranched alkanes of at least 4 members (excludes halogenated alkanes) is 1. The van der Waals surface area contributed by atoms with Crippen LogP contribution in [0.5, 0.6) is 0 Å². The number of aromatic nitrogens is 2. The molecule has 0 N–H and O–H groups in total. The molecule has 2 aromatic rings. The molecular formula is C19H23Cl2N3. The van der Waals surface area contributed by atoms with Gasteiger partial charge in [-0.25, -0.2) is 4.98 Å². The van der Waals surface area contributed by atoms with E-state index in [0.29, 0.717) is 10.3 Å². The molecule has 0 saturated carbocycles. The number of rotatable bonds is 6. The van der Waals surface area contributed by atoms with E-state index >= 15 is 0 Å². The van der Waals surface area contributed by atoms with Gasteiger partial charge in [0.15, 0.2) is 5.15 Å². The smallest absolute Gasteiger partial charge is 0.166 e. The maximum Gasteiger partial charge on any atom is 0.166 e. The van der Waals surface area contributed by atoms with Gasteiger partial charge in [0.1, 0.15) is 11.0 Å². The largest absolute Gasteiger partial charge is 0.318 e. The first-order chi connectivity index (χ1) is 11.6. The van der Waals surface area contributed by atoms with Crippen molar-refractivity contribution in [1.82, 2.24) is 14.5 Å². The molecule has 128 valence electrons. The zero-order valence-corrected chi connectivity index (χ0v) is 15.5. The Kier molecular flexibility index (Phi) is 5.99. The van der Waals surface area contributed by atoms with Crippen LogP contribution < -0.4 is 0 Å². The van der Waals surface area contributed by atoms with Crippen LogP contribution in [0.25, 0.3) is 5.57 Å². The summed E-state index contributed by atoms with van der Waals surface area (Å²) in [7, 11) is 0. The quantitative estimate of drug-likeness (QED) is 0.668. The predicted octanol–water partition coefficient (Wildman–Crippen LogP) is 5.07. The monoisotopic (exact) mass is 363 g/mol. The minimum atomic E-state index is 0.406. The first-order valence-electron chi connectivity index (χ1n) is 8.50. The Bertz CT molecular complexity index is 707. The van der Waals surface area contributed by atoms with Crippen LogP contribution in [0.4, 0.5) is 0 Å². The highest BCUT2D eigenvalue weighted by Crippen LogP contribution is 2.24. The first kappa shape index (κ1) is 17.5. The van der Waals surface area contributed by atoms with Crippen molar-refractivity contribution in [3.63, 3.8) is 0 Å². The molecule has 0 radical (unpaired) electrons. The van der Waals surface area contributed by atoms with Crippen LogP contribution in [0.2, 0.25) is 10.3 Å². The number of halogens is 2. The molecule has 3 rings (SSSR count). The van der Waals surface area contributed by atoms with Crippen molar-refractivity contribution < 1.29 is 0 Å². The molecule has 0 unspecified atom stereocenters. The van der Waals surface area contributed by atoms with E-state index in [-0.39, 0.29) is 0 Å². The number of hydrogen-bond donors (Lipinski definition) is 0. The van der Waals surface area contributed by atoms with Gasteiger partial charge in [0.05, 0.1) is 0 Å². The van der Waals surface area contributed by atoms with Crippen LogP contribution in [-0.2, 0) is 6.54 Å². The molecule has 0 atom stereocenters. The Balaban J connectivity index is 1.43. The van der Waals surface area contributed by atoms with Crippen LogP contribution in [0.3, 0.4) is 0 Å². The molecule has 0 aliphatic carbocycles. The lowest BCUT2D eigenvalue weighted by atomic mass is 9.99. The fraction of sp³-hybridized carbons (Fsp3) is 0.421. The maximum absolute atomic E-state index is 6.17. The van der Waals surface area contributed by atoms with Gasteiger partial charge in [0.2, 0.25) is 0 Å². The van der Waals surface area contributed by atoms with Gasteiger partial charge >= 0.3 is 0 Å². The number of aryl methyl sites for hydroxylation is 1. The van der Waals surface area contributed by atoms with Crippen LogP contribution in [0, 0.1) is 6.92 Å². The second-order valence-corrected chi connectivity index (χ2v) is 6.96. The van der Waals surface area contributed by atoms with Gasteiger partial charge < -0.3 is 4.57 Å². The van der Waals surface area contributed by atoms with E-state index in [2.05, 4.69) is 46.3 Å². The molecule has 0 saturated heterocycles. The van der Waals surface area contributed by atoms with Gasteiger partial charge in [0, 0.05) is 19.6 Å². The Morgan fingerprint density at radius 2 is 1.83 bits per heavy atom. The molecule has 0 spiro atoms. The van der Waals surface area contributed by atoms with E-state index in [1.807, 2.05) is 11.5 Å². The van der Waals surface area contributed by atoms with E-state index in [1.54, 1.807) is 0 Å². The molecule has 0 amide bonds. The highest BCUT2D eigenvalue weighted by molar-refractivity contribution is 6.40. The second kappa shape index (κ2) is 8.19. The SMILES string of the molecule is Cc1nc(Cl)c(Cl)n1CCCCN1CC=C(c2ccccc2)CC1. The highest BCUT2D eigenvalue weighted by Gasteiger charge is 2.13. The highest BCUT2D eigenvalue weighted by atomic mass is 35.5. The first-order valence-corrected chi connectivity index (χ1v) is 9.25. The van der Waals surface area contributed by atoms with Crippen LogP contribution in [0.15, 0.2) is 36.4 Å². The fourth-order valence-electron chi connectivity index (χ4n) is 3.20. The minimum Gasteiger partial charge on any atom is -0.318 e. The summed E-state index contributed by atoms with van der Waals surface area (Å²) in [6.45, 7) is 6.12. The lowest BCUT2D eigenvalue weighted by Gasteiger charge is -2.26. The Morgan fingerprint density at radius 3 is 2.46 bits per heavy atom. The topological polar surface area (TPSA) is 21.1 Å². The standard InChI is InChI=1S/C19H23Cl2N3/c1-15-22-18(20)19(21)24(15)12-6-5-11-23-13-9-17(10-14-23)16-7-3-2-4-8-16/h2-4,7-9H,5-6,10-14H2,1H3. The van der Waals surface area contributed by atoms with E-state index in [4.69, 9.17) is 23.2 Å². The summed E-state index contributed by atoms with van der Waals surface area (Å²) in [6, 6.07) is 10.7. The summed E-state index contributed by atoms with van der Waals surface area (Å²) in [5, 5.41) is 0.964. The Hall–Kier alpha value is -1.29. The molecule has 1 aliphatic heterocycles. The molecule has 0 bridgehead atoms. The number of benzene rings is 1. The van der Waals surface area contributed by atoms with E-state index in [0.717, 1.165) is 51.3 Å². The van der Waals surface area contributed by atoms with Crippen molar-refractivity contribution in [2.75, 3.05) is 19.6 Å². The lowest BCUT2D eigenvalue weighted by molar-refractivity contribution is 0.292. The van der Waals surface area contributed by atoms with Crippen molar-refractivity contribution in [2.45, 2.75) is 32.7 Å². The van der Waals surface area contributed by atoms with Crippen molar-refractivity contribution >= 4 is 28.8 Å². The molecule has 5 heteroatoms. The summed E-state index contributed by atoms with van der Waals surface area (Å²) < 4.78 is 1.99. The molecule has 0 fully saturated rings. The third-order valence-electron chi connectivity index (χ3n) is 4.60. The number of imidazole rings is 1. The fourth-order valence-corrected chi connectivity index (χ4v) is 3.67. The van der Waals surface area contributed by atoms with Crippen molar-refractivity contribution in [3.8, 4) is 0 Å². The van der Waals surface area contributed by atoms with E-state index < -0.39 is 0 Å². The van der Waals surface area contributed by atoms with Crippen LogP contribution in [0.1, 0.15) is 30.7 Å². The van der Waals surface area contributed by atoms with Gasteiger partial charge in [0.25, 0.3) is 0 Å². The van der Waals surface area contributed by atoms with Gasteiger partial charge in [-0.15, -0.1) is 0 Å². The van der Waals surface area contributed by atoms with Crippen molar-refractivity contribution in [2.24, 2.45) is 0 Å². The normalized spacial score (nSPS) is 15.5. The number of hydrogen-bond acceptors (Lipinski definition) is 2. The molecule has 2 heterocycles. The third-order valence-corrected chi connectivity index (χ3v) is 5.34. The summed E-state index contributed by atoms with van der Waals surface area (Å²) in [6.07, 6.45) is 5.74. The van der Waals surface area contributed by atoms with Crippen LogP contribution in [-0.4, -0.2) is 34.1 Å². The molecule has 1 aromatic carbocycles. The van der Waals surface area contributed by atoms with Crippen molar-refractivity contribution in [1.29, 1.82) is 0 Å². The van der Waals surface area contributed by atoms with Gasteiger partial charge in [-0.1, -0.05) is 59.6 Å². The average molecular weight is 364 g/mol. The van der Waals surface area contributed by atoms with Crippen LogP contribution >= 0.6 is 23.2 Å². The van der Waals surface area contributed by atoms with Gasteiger partial charge in [-0.05, 0) is 43.9 Å². The Labute approximate surface area is 153 Å². The summed E-state index contributed by atoms with van der Waals surface area (Å²) in [5.74, 6) is 0.887. The van der Waals surface area contributed by atoms with Gasteiger partial charge in [-0.3, -0.25) is 4.90 Å². The molecule has 1 aromatic heterocycles. The molecular weight excluding hydrogens is 341 g/mol. The lowest BCUT2D eigenvalue weighted by Crippen LogP contribution is -2.29. The van der Waals surface area contributed by atoms with E-state index in [1.165, 1.54) is 11.1 Å². The summed E-state index contributed by atoms with van der Waals surface area (Å²) in [4.78, 5) is 6.71. The van der Waals surface area contributed by atoms with E-state index in [9.17, 15) is 0 Å². The maximum atomic E-state index is 6.17. The second-order valence-electron chi connectivity index (χ2n) is 6.25. The summed E-state index contributed by atoms with van der Waals surface area (Å²) in [5.41, 5.74) is 2.83. The Morgan fingerprint density at radius 1 is 1.08 bits per heavy atom. The minimum absolute atomic E-state index is 0.406. The number of nitrogens with zero attached hydrogens (tertiary/aromatic N) is 3. The van der Waals surface area contributed by atoms with Crippen molar-refractivity contribution in [3.05, 3.63) is 58.1 Å². The predicted molar refractivity (Wildman–Crippen MR) is 102 cm³/mol. The molecule has 1 aliphatic rings.